The molecular formula is C14H18FN5O. The SMILES string of the molecule is Nc1nc(F)nc2c1ncn2CC(=O)CCC1CCCC1. The van der Waals surface area contributed by atoms with Crippen LogP contribution in [0.3, 0.4) is 0 Å². The highest BCUT2D eigenvalue weighted by Gasteiger charge is 2.17. The number of hydrogen-bond donors (Lipinski definition) is 1. The molecule has 2 aromatic heterocycles. The summed E-state index contributed by atoms with van der Waals surface area (Å²) in [5.41, 5.74) is 6.20. The van der Waals surface area contributed by atoms with Crippen LogP contribution in [0.5, 0.6) is 0 Å². The second-order valence-electron chi connectivity index (χ2n) is 5.65. The molecule has 0 aromatic carbocycles. The first-order valence-electron chi connectivity index (χ1n) is 7.29. The van der Waals surface area contributed by atoms with Crippen molar-refractivity contribution >= 4 is 22.8 Å². The van der Waals surface area contributed by atoms with E-state index in [0.717, 1.165) is 6.42 Å². The van der Waals surface area contributed by atoms with E-state index in [0.29, 0.717) is 17.9 Å². The molecule has 6 nitrogen and oxygen atoms in total. The van der Waals surface area contributed by atoms with Gasteiger partial charge >= 0.3 is 6.08 Å². The lowest BCUT2D eigenvalue weighted by molar-refractivity contribution is -0.119. The van der Waals surface area contributed by atoms with Gasteiger partial charge in [-0.25, -0.2) is 4.98 Å². The Morgan fingerprint density at radius 2 is 2.14 bits per heavy atom. The molecule has 1 saturated carbocycles. The van der Waals surface area contributed by atoms with Crippen LogP contribution in [0.2, 0.25) is 0 Å². The van der Waals surface area contributed by atoms with Crippen LogP contribution >= 0.6 is 0 Å². The summed E-state index contributed by atoms with van der Waals surface area (Å²) in [6.45, 7) is 0.152. The summed E-state index contributed by atoms with van der Waals surface area (Å²) in [5, 5.41) is 0. The average Bonchev–Trinajstić information content (AvgIpc) is 3.07. The second-order valence-corrected chi connectivity index (χ2v) is 5.65. The molecule has 112 valence electrons. The minimum atomic E-state index is -0.903. The minimum absolute atomic E-state index is 0.00495. The number of carbonyl (C=O) groups is 1. The lowest BCUT2D eigenvalue weighted by Crippen LogP contribution is -2.11. The average molecular weight is 291 g/mol. The smallest absolute Gasteiger partial charge is 0.312 e. The fraction of sp³-hybridized carbons (Fsp3) is 0.571. The molecular weight excluding hydrogens is 273 g/mol. The van der Waals surface area contributed by atoms with Gasteiger partial charge in [0.25, 0.3) is 0 Å². The van der Waals surface area contributed by atoms with Crippen LogP contribution in [0.4, 0.5) is 10.2 Å². The number of Topliss-reactive ketones (excluding diaryl/α,β-unsaturated/α-hetero) is 1. The summed E-state index contributed by atoms with van der Waals surface area (Å²) < 4.78 is 14.8. The zero-order chi connectivity index (χ0) is 14.8. The Balaban J connectivity index is 1.68. The number of halogens is 1. The highest BCUT2D eigenvalue weighted by atomic mass is 19.1. The van der Waals surface area contributed by atoms with E-state index in [4.69, 9.17) is 5.73 Å². The normalized spacial score (nSPS) is 15.9. The van der Waals surface area contributed by atoms with Gasteiger partial charge in [-0.05, 0) is 12.3 Å². The van der Waals surface area contributed by atoms with Crippen molar-refractivity contribution in [2.75, 3.05) is 5.73 Å². The van der Waals surface area contributed by atoms with Crippen molar-refractivity contribution in [3.8, 4) is 0 Å². The van der Waals surface area contributed by atoms with Crippen molar-refractivity contribution in [2.24, 2.45) is 5.92 Å². The lowest BCUT2D eigenvalue weighted by Gasteiger charge is -2.08. The van der Waals surface area contributed by atoms with Gasteiger partial charge in [0.15, 0.2) is 17.2 Å². The maximum atomic E-state index is 13.2. The van der Waals surface area contributed by atoms with Gasteiger partial charge in [0, 0.05) is 6.42 Å². The van der Waals surface area contributed by atoms with E-state index in [9.17, 15) is 9.18 Å². The standard InChI is InChI=1S/C14H18FN5O/c15-14-18-12(16)11-13(19-14)20(8-17-11)7-10(21)6-5-9-3-1-2-4-9/h8-9H,1-7H2,(H2,16,18,19). The molecule has 0 aliphatic heterocycles. The van der Waals surface area contributed by atoms with Crippen LogP contribution in [-0.4, -0.2) is 25.3 Å². The van der Waals surface area contributed by atoms with Crippen LogP contribution in [0.15, 0.2) is 6.33 Å². The predicted octanol–water partition coefficient (Wildman–Crippen LogP) is 2.09. The van der Waals surface area contributed by atoms with Crippen LogP contribution in [0.1, 0.15) is 38.5 Å². The van der Waals surface area contributed by atoms with Crippen molar-refractivity contribution in [2.45, 2.75) is 45.1 Å². The minimum Gasteiger partial charge on any atom is -0.382 e. The van der Waals surface area contributed by atoms with E-state index in [1.165, 1.54) is 36.6 Å². The van der Waals surface area contributed by atoms with Gasteiger partial charge in [0.05, 0.1) is 12.9 Å². The maximum Gasteiger partial charge on any atom is 0.312 e. The summed E-state index contributed by atoms with van der Waals surface area (Å²) in [5.74, 6) is 0.789. The van der Waals surface area contributed by atoms with Crippen LogP contribution in [0.25, 0.3) is 11.2 Å². The molecule has 2 heterocycles. The number of imidazole rings is 1. The van der Waals surface area contributed by atoms with E-state index < -0.39 is 6.08 Å². The Hall–Kier alpha value is -2.05. The van der Waals surface area contributed by atoms with Gasteiger partial charge in [-0.15, -0.1) is 0 Å². The summed E-state index contributed by atoms with van der Waals surface area (Å²) in [6, 6.07) is 0. The molecule has 1 fully saturated rings. The fourth-order valence-corrected chi connectivity index (χ4v) is 2.99. The molecule has 0 spiro atoms. The number of anilines is 1. The van der Waals surface area contributed by atoms with E-state index in [2.05, 4.69) is 15.0 Å². The molecule has 0 radical (unpaired) electrons. The number of aromatic nitrogens is 4. The first-order chi connectivity index (χ1) is 10.1. The fourth-order valence-electron chi connectivity index (χ4n) is 2.99. The highest BCUT2D eigenvalue weighted by Crippen LogP contribution is 2.28. The third-order valence-corrected chi connectivity index (χ3v) is 4.12. The second kappa shape index (κ2) is 5.75. The largest absolute Gasteiger partial charge is 0.382 e. The van der Waals surface area contributed by atoms with Gasteiger partial charge in [0.1, 0.15) is 5.52 Å². The first kappa shape index (κ1) is 13.9. The number of rotatable bonds is 5. The number of nitrogen functional groups attached to an aromatic ring is 1. The molecule has 1 aliphatic carbocycles. The molecule has 7 heteroatoms. The van der Waals surface area contributed by atoms with Crippen molar-refractivity contribution in [3.05, 3.63) is 12.4 Å². The zero-order valence-electron chi connectivity index (χ0n) is 11.8. The molecule has 0 unspecified atom stereocenters. The number of fused-ring (bicyclic) bond motifs is 1. The Kier molecular flexibility index (Phi) is 3.81. The summed E-state index contributed by atoms with van der Waals surface area (Å²) in [6.07, 6.45) is 7.07. The molecule has 2 N–H and O–H groups in total. The van der Waals surface area contributed by atoms with Gasteiger partial charge in [0.2, 0.25) is 0 Å². The number of ketones is 1. The molecule has 0 saturated heterocycles. The third kappa shape index (κ3) is 3.01. The number of carbonyl (C=O) groups excluding carboxylic acids is 1. The van der Waals surface area contributed by atoms with Gasteiger partial charge in [-0.2, -0.15) is 14.4 Å². The summed E-state index contributed by atoms with van der Waals surface area (Å²) in [7, 11) is 0. The number of nitrogens with two attached hydrogens (primary N) is 1. The molecule has 0 bridgehead atoms. The van der Waals surface area contributed by atoms with Crippen LogP contribution in [0, 0.1) is 12.0 Å². The highest BCUT2D eigenvalue weighted by molar-refractivity contribution is 5.84. The van der Waals surface area contributed by atoms with E-state index in [-0.39, 0.29) is 23.8 Å². The quantitative estimate of drug-likeness (QED) is 0.852. The number of nitrogens with zero attached hydrogens (tertiary/aromatic N) is 4. The molecule has 3 rings (SSSR count). The molecule has 0 atom stereocenters. The van der Waals surface area contributed by atoms with E-state index in [1.807, 2.05) is 0 Å². The Bertz CT molecular complexity index is 663. The van der Waals surface area contributed by atoms with Crippen LogP contribution < -0.4 is 5.73 Å². The summed E-state index contributed by atoms with van der Waals surface area (Å²) in [4.78, 5) is 23.2. The van der Waals surface area contributed by atoms with Crippen molar-refractivity contribution < 1.29 is 9.18 Å². The monoisotopic (exact) mass is 291 g/mol. The zero-order valence-corrected chi connectivity index (χ0v) is 11.8. The van der Waals surface area contributed by atoms with E-state index >= 15 is 0 Å². The van der Waals surface area contributed by atoms with Crippen molar-refractivity contribution in [3.63, 3.8) is 0 Å². The Morgan fingerprint density at radius 1 is 1.38 bits per heavy atom. The van der Waals surface area contributed by atoms with Gasteiger partial charge < -0.3 is 10.3 Å². The Morgan fingerprint density at radius 3 is 2.90 bits per heavy atom. The van der Waals surface area contributed by atoms with Crippen molar-refractivity contribution in [1.29, 1.82) is 0 Å². The lowest BCUT2D eigenvalue weighted by atomic mass is 10.0. The first-order valence-corrected chi connectivity index (χ1v) is 7.29. The van der Waals surface area contributed by atoms with E-state index in [1.54, 1.807) is 0 Å². The molecule has 0 amide bonds. The molecule has 21 heavy (non-hydrogen) atoms. The van der Waals surface area contributed by atoms with Crippen LogP contribution in [-0.2, 0) is 11.3 Å². The number of hydrogen-bond acceptors (Lipinski definition) is 5. The topological polar surface area (TPSA) is 86.7 Å². The van der Waals surface area contributed by atoms with Crippen molar-refractivity contribution in [1.82, 2.24) is 19.5 Å². The third-order valence-electron chi connectivity index (χ3n) is 4.12. The Labute approximate surface area is 121 Å². The summed E-state index contributed by atoms with van der Waals surface area (Å²) >= 11 is 0. The molecule has 2 aromatic rings. The van der Waals surface area contributed by atoms with Gasteiger partial charge in [-0.3, -0.25) is 4.79 Å². The molecule has 1 aliphatic rings. The maximum absolute atomic E-state index is 13.2. The predicted molar refractivity (Wildman–Crippen MR) is 75.9 cm³/mol. The van der Waals surface area contributed by atoms with Gasteiger partial charge in [-0.1, -0.05) is 25.7 Å².